The van der Waals surface area contributed by atoms with Gasteiger partial charge >= 0.3 is 0 Å². The first-order chi connectivity index (χ1) is 13.8. The molecule has 30 heavy (non-hydrogen) atoms. The van der Waals surface area contributed by atoms with Gasteiger partial charge in [0.15, 0.2) is 0 Å². The number of nitrogens with one attached hydrogen (secondary N) is 1. The average Bonchev–Trinajstić information content (AvgIpc) is 2.58. The second-order valence-corrected chi connectivity index (χ2v) is 11.5. The monoisotopic (exact) mass is 491 g/mol. The van der Waals surface area contributed by atoms with Crippen LogP contribution in [-0.2, 0) is 10.0 Å². The Labute approximate surface area is 190 Å². The van der Waals surface area contributed by atoms with Crippen molar-refractivity contribution in [1.29, 1.82) is 0 Å². The van der Waals surface area contributed by atoms with Crippen LogP contribution in [0.25, 0.3) is 0 Å². The fourth-order valence-corrected chi connectivity index (χ4v) is 6.28. The van der Waals surface area contributed by atoms with Crippen LogP contribution in [0.5, 0.6) is 0 Å². The highest BCUT2D eigenvalue weighted by atomic mass is 35.5. The van der Waals surface area contributed by atoms with Gasteiger partial charge in [0.1, 0.15) is 4.90 Å². The van der Waals surface area contributed by atoms with Crippen LogP contribution >= 0.6 is 35.0 Å². The van der Waals surface area contributed by atoms with Crippen LogP contribution in [0.4, 0.5) is 5.69 Å². The molecule has 0 fully saturated rings. The molecule has 0 aliphatic rings. The van der Waals surface area contributed by atoms with Gasteiger partial charge in [-0.25, -0.2) is 13.1 Å². The molecule has 0 saturated heterocycles. The Morgan fingerprint density at radius 3 is 2.27 bits per heavy atom. The molecule has 2 aromatic rings. The minimum atomic E-state index is -4.02. The number of halogens is 2. The zero-order chi connectivity index (χ0) is 22.7. The Kier molecular flexibility index (Phi) is 8.17. The van der Waals surface area contributed by atoms with Crippen molar-refractivity contribution >= 4 is 50.7 Å². The van der Waals surface area contributed by atoms with Gasteiger partial charge in [-0.1, -0.05) is 48.8 Å². The molecule has 2 rings (SSSR count). The predicted octanol–water partition coefficient (Wildman–Crippen LogP) is 4.92. The maximum atomic E-state index is 13.1. The summed E-state index contributed by atoms with van der Waals surface area (Å²) in [6.45, 7) is 4.70. The Balaban J connectivity index is 2.42. The number of nitrogens with zero attached hydrogens (tertiary/aromatic N) is 2. The molecular weight excluding hydrogens is 469 g/mol. The van der Waals surface area contributed by atoms with Crippen LogP contribution in [0, 0.1) is 15.5 Å². The average molecular weight is 492 g/mol. The van der Waals surface area contributed by atoms with Crippen LogP contribution < -0.4 is 4.72 Å². The third kappa shape index (κ3) is 7.11. The van der Waals surface area contributed by atoms with E-state index in [2.05, 4.69) is 4.72 Å². The molecule has 1 N–H and O–H groups in total. The molecule has 164 valence electrons. The van der Waals surface area contributed by atoms with Gasteiger partial charge in [-0.05, 0) is 43.8 Å². The number of hydrogen-bond donors (Lipinski definition) is 1. The second-order valence-electron chi connectivity index (χ2n) is 7.82. The summed E-state index contributed by atoms with van der Waals surface area (Å²) in [6.07, 6.45) is 0. The second kappa shape index (κ2) is 9.84. The molecule has 0 aromatic heterocycles. The lowest BCUT2D eigenvalue weighted by Crippen LogP contribution is -2.40. The number of sulfonamides is 1. The molecule has 0 radical (unpaired) electrons. The van der Waals surface area contributed by atoms with E-state index in [0.717, 1.165) is 17.8 Å². The third-order valence-electron chi connectivity index (χ3n) is 3.98. The van der Waals surface area contributed by atoms with E-state index in [1.807, 2.05) is 32.8 Å². The van der Waals surface area contributed by atoms with Crippen LogP contribution in [0.15, 0.2) is 51.1 Å². The van der Waals surface area contributed by atoms with Gasteiger partial charge in [0, 0.05) is 45.1 Å². The van der Waals surface area contributed by atoms with E-state index >= 15 is 0 Å². The molecule has 0 atom stereocenters. The lowest BCUT2D eigenvalue weighted by Gasteiger charge is -2.28. The van der Waals surface area contributed by atoms with Crippen LogP contribution in [0.1, 0.15) is 13.8 Å². The van der Waals surface area contributed by atoms with E-state index in [1.165, 1.54) is 12.1 Å². The topological polar surface area (TPSA) is 92.6 Å². The Morgan fingerprint density at radius 1 is 1.13 bits per heavy atom. The molecule has 0 bridgehead atoms. The summed E-state index contributed by atoms with van der Waals surface area (Å²) in [4.78, 5) is 13.3. The van der Waals surface area contributed by atoms with E-state index in [1.54, 1.807) is 18.2 Å². The standard InChI is InChI=1S/C19H23Cl2N3O4S2/c1-19(2,12-23(3)4)11-22-30(27,28)18-10-15(24(25)26)5-6-17(18)29-16-8-13(20)7-14(21)9-16/h5-10,22H,11-12H2,1-4H3. The minimum absolute atomic E-state index is 0.168. The lowest BCUT2D eigenvalue weighted by atomic mass is 9.93. The van der Waals surface area contributed by atoms with Crippen molar-refractivity contribution in [2.24, 2.45) is 5.41 Å². The number of benzene rings is 2. The molecule has 0 saturated carbocycles. The Morgan fingerprint density at radius 2 is 1.73 bits per heavy atom. The van der Waals surface area contributed by atoms with Crippen molar-refractivity contribution in [2.75, 3.05) is 27.2 Å². The SMILES string of the molecule is CN(C)CC(C)(C)CNS(=O)(=O)c1cc([N+](=O)[O-])ccc1Sc1cc(Cl)cc(Cl)c1. The zero-order valence-corrected chi connectivity index (χ0v) is 20.1. The van der Waals surface area contributed by atoms with Crippen molar-refractivity contribution < 1.29 is 13.3 Å². The molecule has 0 heterocycles. The van der Waals surface area contributed by atoms with Crippen molar-refractivity contribution in [2.45, 2.75) is 28.5 Å². The van der Waals surface area contributed by atoms with E-state index in [-0.39, 0.29) is 22.5 Å². The van der Waals surface area contributed by atoms with Gasteiger partial charge in [-0.15, -0.1) is 0 Å². The highest BCUT2D eigenvalue weighted by molar-refractivity contribution is 8.00. The van der Waals surface area contributed by atoms with Gasteiger partial charge in [0.25, 0.3) is 5.69 Å². The maximum absolute atomic E-state index is 13.1. The fraction of sp³-hybridized carbons (Fsp3) is 0.368. The molecule has 11 heteroatoms. The molecule has 0 aliphatic carbocycles. The first kappa shape index (κ1) is 24.9. The largest absolute Gasteiger partial charge is 0.309 e. The normalized spacial score (nSPS) is 12.4. The summed E-state index contributed by atoms with van der Waals surface area (Å²) in [5, 5.41) is 12.0. The van der Waals surface area contributed by atoms with E-state index < -0.39 is 14.9 Å². The predicted molar refractivity (Wildman–Crippen MR) is 121 cm³/mol. The molecule has 7 nitrogen and oxygen atoms in total. The molecule has 2 aromatic carbocycles. The first-order valence-corrected chi connectivity index (χ1v) is 11.9. The highest BCUT2D eigenvalue weighted by Crippen LogP contribution is 2.37. The summed E-state index contributed by atoms with van der Waals surface area (Å²) in [6, 6.07) is 8.60. The Bertz CT molecular complexity index is 1020. The highest BCUT2D eigenvalue weighted by Gasteiger charge is 2.27. The zero-order valence-electron chi connectivity index (χ0n) is 17.0. The molecule has 0 aliphatic heterocycles. The van der Waals surface area contributed by atoms with Crippen LogP contribution in [-0.4, -0.2) is 45.4 Å². The summed E-state index contributed by atoms with van der Waals surface area (Å²) >= 11 is 13.2. The number of non-ortho nitro benzene ring substituents is 1. The van der Waals surface area contributed by atoms with Gasteiger partial charge < -0.3 is 4.90 Å². The smallest absolute Gasteiger partial charge is 0.270 e. The van der Waals surface area contributed by atoms with Crippen molar-refractivity contribution in [3.8, 4) is 0 Å². The number of rotatable bonds is 9. The maximum Gasteiger partial charge on any atom is 0.270 e. The van der Waals surface area contributed by atoms with Gasteiger partial charge in [-0.3, -0.25) is 10.1 Å². The molecule has 0 unspecified atom stereocenters. The van der Waals surface area contributed by atoms with E-state index in [0.29, 0.717) is 26.4 Å². The van der Waals surface area contributed by atoms with Gasteiger partial charge in [0.05, 0.1) is 4.92 Å². The molecule has 0 amide bonds. The van der Waals surface area contributed by atoms with Crippen molar-refractivity contribution in [3.63, 3.8) is 0 Å². The molecular formula is C19H23Cl2N3O4S2. The number of nitro benzene ring substituents is 1. The van der Waals surface area contributed by atoms with Crippen LogP contribution in [0.2, 0.25) is 10.0 Å². The first-order valence-electron chi connectivity index (χ1n) is 8.86. The molecule has 0 spiro atoms. The van der Waals surface area contributed by atoms with Crippen LogP contribution in [0.3, 0.4) is 0 Å². The summed E-state index contributed by atoms with van der Waals surface area (Å²) in [7, 11) is -0.207. The number of nitro groups is 1. The summed E-state index contributed by atoms with van der Waals surface area (Å²) in [5.74, 6) is 0. The Hall–Kier alpha value is -1.36. The quantitative estimate of drug-likeness (QED) is 0.395. The fourth-order valence-electron chi connectivity index (χ4n) is 2.90. The summed E-state index contributed by atoms with van der Waals surface area (Å²) < 4.78 is 28.7. The van der Waals surface area contributed by atoms with Gasteiger partial charge in [0.2, 0.25) is 10.0 Å². The third-order valence-corrected chi connectivity index (χ3v) is 7.03. The minimum Gasteiger partial charge on any atom is -0.309 e. The number of hydrogen-bond acceptors (Lipinski definition) is 6. The lowest BCUT2D eigenvalue weighted by molar-refractivity contribution is -0.385. The van der Waals surface area contributed by atoms with Gasteiger partial charge in [-0.2, -0.15) is 0 Å². The van der Waals surface area contributed by atoms with E-state index in [9.17, 15) is 18.5 Å². The van der Waals surface area contributed by atoms with Crippen molar-refractivity contribution in [3.05, 3.63) is 56.6 Å². The van der Waals surface area contributed by atoms with E-state index in [4.69, 9.17) is 23.2 Å². The van der Waals surface area contributed by atoms with Crippen molar-refractivity contribution in [1.82, 2.24) is 9.62 Å². The summed E-state index contributed by atoms with van der Waals surface area (Å²) in [5.41, 5.74) is -0.651.